The lowest BCUT2D eigenvalue weighted by Crippen LogP contribution is -1.96. The van der Waals surface area contributed by atoms with E-state index in [9.17, 15) is 4.79 Å². The van der Waals surface area contributed by atoms with Crippen molar-refractivity contribution in [1.82, 2.24) is 0 Å². The lowest BCUT2D eigenvalue weighted by Gasteiger charge is -2.01. The van der Waals surface area contributed by atoms with Gasteiger partial charge in [0.1, 0.15) is 5.78 Å². The zero-order valence-corrected chi connectivity index (χ0v) is 8.32. The summed E-state index contributed by atoms with van der Waals surface area (Å²) in [5, 5.41) is 0.609. The molecule has 0 aliphatic carbocycles. The van der Waals surface area contributed by atoms with Gasteiger partial charge >= 0.3 is 0 Å². The maximum atomic E-state index is 10.8. The Morgan fingerprint density at radius 1 is 1.58 bits per heavy atom. The second-order valence-electron chi connectivity index (χ2n) is 2.65. The van der Waals surface area contributed by atoms with Gasteiger partial charge in [-0.25, -0.2) is 0 Å². The normalized spacial score (nSPS) is 9.92. The van der Waals surface area contributed by atoms with Gasteiger partial charge in [-0.15, -0.1) is 12.6 Å². The Bertz CT molecular complexity index is 309. The minimum absolute atomic E-state index is 0.115. The Kier molecular flexibility index (Phi) is 3.18. The van der Waals surface area contributed by atoms with Crippen molar-refractivity contribution < 1.29 is 4.79 Å². The van der Waals surface area contributed by atoms with Gasteiger partial charge in [-0.05, 0) is 24.6 Å². The third-order valence-corrected chi connectivity index (χ3v) is 2.11. The topological polar surface area (TPSA) is 17.1 Å². The Morgan fingerprint density at radius 3 is 2.75 bits per heavy atom. The number of carbonyl (C=O) groups excluding carboxylic acids is 1. The van der Waals surface area contributed by atoms with Crippen molar-refractivity contribution in [3.63, 3.8) is 0 Å². The SMILES string of the molecule is CC(=O)Cc1ccc(S)cc1Cl. The highest BCUT2D eigenvalue weighted by Crippen LogP contribution is 2.20. The number of ketones is 1. The summed E-state index contributed by atoms with van der Waals surface area (Å²) in [4.78, 5) is 11.6. The molecule has 0 bridgehead atoms. The molecule has 0 saturated heterocycles. The molecule has 0 N–H and O–H groups in total. The Hall–Kier alpha value is -0.470. The summed E-state index contributed by atoms with van der Waals surface area (Å²) in [6.45, 7) is 1.55. The number of halogens is 1. The molecule has 3 heteroatoms. The van der Waals surface area contributed by atoms with E-state index in [1.54, 1.807) is 13.0 Å². The first-order valence-electron chi connectivity index (χ1n) is 3.56. The van der Waals surface area contributed by atoms with Gasteiger partial charge in [0.15, 0.2) is 0 Å². The molecule has 0 saturated carbocycles. The molecule has 64 valence electrons. The van der Waals surface area contributed by atoms with Crippen molar-refractivity contribution in [2.45, 2.75) is 18.2 Å². The van der Waals surface area contributed by atoms with E-state index in [1.807, 2.05) is 12.1 Å². The third kappa shape index (κ3) is 2.54. The molecule has 0 aliphatic heterocycles. The first kappa shape index (κ1) is 9.62. The summed E-state index contributed by atoms with van der Waals surface area (Å²) < 4.78 is 0. The standard InChI is InChI=1S/C9H9ClOS/c1-6(11)4-7-2-3-8(12)5-9(7)10/h2-3,5,12H,4H2,1H3. The maximum absolute atomic E-state index is 10.8. The second kappa shape index (κ2) is 3.97. The highest BCUT2D eigenvalue weighted by atomic mass is 35.5. The van der Waals surface area contributed by atoms with Crippen LogP contribution in [0.15, 0.2) is 23.1 Å². The number of thiol groups is 1. The zero-order chi connectivity index (χ0) is 9.14. The van der Waals surface area contributed by atoms with Gasteiger partial charge in [-0.2, -0.15) is 0 Å². The van der Waals surface area contributed by atoms with Crippen LogP contribution in [0.3, 0.4) is 0 Å². The molecule has 0 aliphatic rings. The second-order valence-corrected chi connectivity index (χ2v) is 3.58. The molecule has 0 unspecified atom stereocenters. The van der Waals surface area contributed by atoms with E-state index in [4.69, 9.17) is 11.6 Å². The fourth-order valence-electron chi connectivity index (χ4n) is 0.948. The smallest absolute Gasteiger partial charge is 0.134 e. The summed E-state index contributed by atoms with van der Waals surface area (Å²) in [5.74, 6) is 0.115. The molecule has 0 heterocycles. The van der Waals surface area contributed by atoms with Crippen molar-refractivity contribution >= 4 is 30.0 Å². The van der Waals surface area contributed by atoms with Crippen LogP contribution < -0.4 is 0 Å². The lowest BCUT2D eigenvalue weighted by atomic mass is 10.1. The summed E-state index contributed by atoms with van der Waals surface area (Å²) in [6, 6.07) is 5.39. The van der Waals surface area contributed by atoms with E-state index in [1.165, 1.54) is 0 Å². The molecular weight excluding hydrogens is 192 g/mol. The summed E-state index contributed by atoms with van der Waals surface area (Å²) in [7, 11) is 0. The van der Waals surface area contributed by atoms with Gasteiger partial charge in [-0.1, -0.05) is 17.7 Å². The molecule has 1 nitrogen and oxygen atoms in total. The van der Waals surface area contributed by atoms with Crippen molar-refractivity contribution in [3.8, 4) is 0 Å². The van der Waals surface area contributed by atoms with Crippen LogP contribution >= 0.6 is 24.2 Å². The molecule has 12 heavy (non-hydrogen) atoms. The van der Waals surface area contributed by atoms with E-state index in [0.29, 0.717) is 11.4 Å². The number of rotatable bonds is 2. The minimum Gasteiger partial charge on any atom is -0.300 e. The lowest BCUT2D eigenvalue weighted by molar-refractivity contribution is -0.116. The van der Waals surface area contributed by atoms with Gasteiger partial charge in [-0.3, -0.25) is 4.79 Å². The molecule has 0 atom stereocenters. The highest BCUT2D eigenvalue weighted by molar-refractivity contribution is 7.80. The van der Waals surface area contributed by atoms with Crippen LogP contribution in [0.2, 0.25) is 5.02 Å². The largest absolute Gasteiger partial charge is 0.300 e. The van der Waals surface area contributed by atoms with Crippen molar-refractivity contribution in [1.29, 1.82) is 0 Å². The molecule has 0 aromatic heterocycles. The van der Waals surface area contributed by atoms with Gasteiger partial charge < -0.3 is 0 Å². The van der Waals surface area contributed by atoms with E-state index < -0.39 is 0 Å². The Morgan fingerprint density at radius 2 is 2.25 bits per heavy atom. The van der Waals surface area contributed by atoms with Crippen LogP contribution in [0.4, 0.5) is 0 Å². The first-order chi connectivity index (χ1) is 5.59. The van der Waals surface area contributed by atoms with Crippen LogP contribution in [0, 0.1) is 0 Å². The highest BCUT2D eigenvalue weighted by Gasteiger charge is 2.02. The number of hydrogen-bond acceptors (Lipinski definition) is 2. The summed E-state index contributed by atoms with van der Waals surface area (Å²) in [5.41, 5.74) is 0.863. The number of benzene rings is 1. The van der Waals surface area contributed by atoms with Gasteiger partial charge in [0.25, 0.3) is 0 Å². The van der Waals surface area contributed by atoms with Gasteiger partial charge in [0.2, 0.25) is 0 Å². The quantitative estimate of drug-likeness (QED) is 0.727. The predicted octanol–water partition coefficient (Wildman–Crippen LogP) is 2.76. The average Bonchev–Trinajstić information content (AvgIpc) is 1.94. The molecule has 0 fully saturated rings. The van der Waals surface area contributed by atoms with Crippen molar-refractivity contribution in [3.05, 3.63) is 28.8 Å². The minimum atomic E-state index is 0.115. The van der Waals surface area contributed by atoms with Crippen molar-refractivity contribution in [2.24, 2.45) is 0 Å². The summed E-state index contributed by atoms with van der Waals surface area (Å²) >= 11 is 10.00. The Labute approximate surface area is 82.1 Å². The van der Waals surface area contributed by atoms with Crippen LogP contribution in [-0.4, -0.2) is 5.78 Å². The molecular formula is C9H9ClOS. The third-order valence-electron chi connectivity index (χ3n) is 1.48. The van der Waals surface area contributed by atoms with E-state index in [2.05, 4.69) is 12.6 Å². The van der Waals surface area contributed by atoms with Crippen LogP contribution in [0.5, 0.6) is 0 Å². The monoisotopic (exact) mass is 200 g/mol. The number of carbonyl (C=O) groups is 1. The van der Waals surface area contributed by atoms with E-state index in [0.717, 1.165) is 10.5 Å². The molecule has 1 aromatic rings. The number of hydrogen-bond donors (Lipinski definition) is 1. The molecule has 0 spiro atoms. The Balaban J connectivity index is 2.93. The molecule has 0 amide bonds. The average molecular weight is 201 g/mol. The van der Waals surface area contributed by atoms with Crippen molar-refractivity contribution in [2.75, 3.05) is 0 Å². The van der Waals surface area contributed by atoms with Gasteiger partial charge in [0, 0.05) is 16.3 Å². The molecule has 1 aromatic carbocycles. The van der Waals surface area contributed by atoms with Crippen LogP contribution in [-0.2, 0) is 11.2 Å². The fourth-order valence-corrected chi connectivity index (χ4v) is 1.47. The zero-order valence-electron chi connectivity index (χ0n) is 6.67. The molecule has 1 rings (SSSR count). The van der Waals surface area contributed by atoms with E-state index in [-0.39, 0.29) is 5.78 Å². The predicted molar refractivity (Wildman–Crippen MR) is 53.1 cm³/mol. The molecule has 0 radical (unpaired) electrons. The first-order valence-corrected chi connectivity index (χ1v) is 4.39. The van der Waals surface area contributed by atoms with E-state index >= 15 is 0 Å². The fraction of sp³-hybridized carbons (Fsp3) is 0.222. The van der Waals surface area contributed by atoms with Crippen LogP contribution in [0.1, 0.15) is 12.5 Å². The number of Topliss-reactive ketones (excluding diaryl/α,β-unsaturated/α-hetero) is 1. The van der Waals surface area contributed by atoms with Crippen LogP contribution in [0.25, 0.3) is 0 Å². The maximum Gasteiger partial charge on any atom is 0.134 e. The summed E-state index contributed by atoms with van der Waals surface area (Å²) in [6.07, 6.45) is 0.396. The van der Waals surface area contributed by atoms with Gasteiger partial charge in [0.05, 0.1) is 0 Å².